The van der Waals surface area contributed by atoms with Crippen molar-refractivity contribution < 1.29 is 18.1 Å². The lowest BCUT2D eigenvalue weighted by Gasteiger charge is -2.31. The van der Waals surface area contributed by atoms with Crippen LogP contribution in [-0.2, 0) is 14.6 Å². The quantitative estimate of drug-likeness (QED) is 0.750. The lowest BCUT2D eigenvalue weighted by Crippen LogP contribution is -3.14. The molecule has 0 spiro atoms. The summed E-state index contributed by atoms with van der Waals surface area (Å²) in [4.78, 5) is 16.0. The minimum Gasteiger partial charge on any atom is -0.331 e. The number of benzene rings is 2. The number of aryl methyl sites for hydroxylation is 1. The van der Waals surface area contributed by atoms with Gasteiger partial charge in [-0.3, -0.25) is 4.79 Å². The molecule has 0 aromatic heterocycles. The molecule has 1 N–H and O–H groups in total. The number of carbonyl (C=O) groups is 1. The van der Waals surface area contributed by atoms with Crippen molar-refractivity contribution in [3.63, 3.8) is 0 Å². The van der Waals surface area contributed by atoms with Crippen LogP contribution in [0.3, 0.4) is 0 Å². The van der Waals surface area contributed by atoms with Crippen LogP contribution in [0.4, 0.5) is 0 Å². The van der Waals surface area contributed by atoms with Gasteiger partial charge in [-0.2, -0.15) is 0 Å². The SMILES string of the molecule is Cc1ccc(S(=O)(=O)CCC(=O)N2CC[NH+](C/C=C/c3ccccc3)CC2)cc1. The monoisotopic (exact) mass is 413 g/mol. The van der Waals surface area contributed by atoms with Crippen molar-refractivity contribution in [1.82, 2.24) is 4.90 Å². The third-order valence-corrected chi connectivity index (χ3v) is 7.04. The number of amides is 1. The van der Waals surface area contributed by atoms with Crippen LogP contribution in [0, 0.1) is 6.92 Å². The molecule has 0 aliphatic carbocycles. The van der Waals surface area contributed by atoms with Crippen LogP contribution in [0.2, 0.25) is 0 Å². The van der Waals surface area contributed by atoms with E-state index in [4.69, 9.17) is 0 Å². The maximum atomic E-state index is 12.5. The lowest BCUT2D eigenvalue weighted by atomic mass is 10.2. The van der Waals surface area contributed by atoms with Crippen LogP contribution in [0.5, 0.6) is 0 Å². The molecule has 0 radical (unpaired) electrons. The predicted octanol–water partition coefficient (Wildman–Crippen LogP) is 1.60. The molecule has 2 aromatic carbocycles. The predicted molar refractivity (Wildman–Crippen MR) is 115 cm³/mol. The topological polar surface area (TPSA) is 58.9 Å². The first-order valence-corrected chi connectivity index (χ1v) is 11.7. The number of sulfone groups is 1. The number of nitrogens with one attached hydrogen (secondary N) is 1. The minimum absolute atomic E-state index is 0.0411. The zero-order valence-corrected chi connectivity index (χ0v) is 17.7. The molecule has 1 amide bonds. The highest BCUT2D eigenvalue weighted by Crippen LogP contribution is 2.13. The normalized spacial score (nSPS) is 15.7. The molecule has 1 saturated heterocycles. The largest absolute Gasteiger partial charge is 0.331 e. The molecule has 0 unspecified atom stereocenters. The summed E-state index contributed by atoms with van der Waals surface area (Å²) in [6.07, 6.45) is 4.34. The molecule has 1 heterocycles. The van der Waals surface area contributed by atoms with Crippen molar-refractivity contribution in [2.45, 2.75) is 18.2 Å². The second-order valence-corrected chi connectivity index (χ2v) is 9.64. The van der Waals surface area contributed by atoms with Gasteiger partial charge in [0, 0.05) is 6.42 Å². The summed E-state index contributed by atoms with van der Waals surface area (Å²) in [6, 6.07) is 17.0. The highest BCUT2D eigenvalue weighted by atomic mass is 32.2. The molecule has 1 fully saturated rings. The molecule has 29 heavy (non-hydrogen) atoms. The molecule has 6 heteroatoms. The van der Waals surface area contributed by atoms with E-state index in [1.54, 1.807) is 29.2 Å². The van der Waals surface area contributed by atoms with E-state index < -0.39 is 9.84 Å². The van der Waals surface area contributed by atoms with E-state index >= 15 is 0 Å². The Kier molecular flexibility index (Phi) is 7.23. The summed E-state index contributed by atoms with van der Waals surface area (Å²) < 4.78 is 24.9. The number of quaternary nitrogens is 1. The molecule has 0 bridgehead atoms. The van der Waals surface area contributed by atoms with Gasteiger partial charge in [-0.25, -0.2) is 8.42 Å². The Morgan fingerprint density at radius 2 is 1.69 bits per heavy atom. The summed E-state index contributed by atoms with van der Waals surface area (Å²) >= 11 is 0. The van der Waals surface area contributed by atoms with E-state index in [-0.39, 0.29) is 23.0 Å². The maximum absolute atomic E-state index is 12.5. The zero-order chi connectivity index (χ0) is 20.7. The summed E-state index contributed by atoms with van der Waals surface area (Å²) in [6.45, 7) is 5.97. The fourth-order valence-electron chi connectivity index (χ4n) is 3.45. The molecule has 5 nitrogen and oxygen atoms in total. The van der Waals surface area contributed by atoms with Gasteiger partial charge in [0.25, 0.3) is 0 Å². The summed E-state index contributed by atoms with van der Waals surface area (Å²) in [5, 5.41) is 0. The first-order valence-electron chi connectivity index (χ1n) is 10.1. The Morgan fingerprint density at radius 3 is 2.34 bits per heavy atom. The van der Waals surface area contributed by atoms with Crippen LogP contribution in [-0.4, -0.2) is 57.7 Å². The summed E-state index contributed by atoms with van der Waals surface area (Å²) in [5.74, 6) is -0.207. The smallest absolute Gasteiger partial charge is 0.224 e. The van der Waals surface area contributed by atoms with Gasteiger partial charge < -0.3 is 9.80 Å². The summed E-state index contributed by atoms with van der Waals surface area (Å²) in [7, 11) is -3.42. The Labute approximate surface area is 173 Å². The molecule has 1 aliphatic rings. The first kappa shape index (κ1) is 21.3. The zero-order valence-electron chi connectivity index (χ0n) is 16.9. The third kappa shape index (κ3) is 6.27. The van der Waals surface area contributed by atoms with Gasteiger partial charge in [0.2, 0.25) is 5.91 Å². The van der Waals surface area contributed by atoms with Crippen molar-refractivity contribution in [3.05, 3.63) is 71.8 Å². The lowest BCUT2D eigenvalue weighted by molar-refractivity contribution is -0.898. The standard InChI is InChI=1S/C23H28N2O3S/c1-20-9-11-22(12-10-20)29(27,28)19-13-23(26)25-17-15-24(16-18-25)14-5-8-21-6-3-2-4-7-21/h2-12H,13-19H2,1H3/p+1/b8-5+. The van der Waals surface area contributed by atoms with Gasteiger partial charge in [0.1, 0.15) is 0 Å². The van der Waals surface area contributed by atoms with Gasteiger partial charge >= 0.3 is 0 Å². The second-order valence-electron chi connectivity index (χ2n) is 7.53. The Morgan fingerprint density at radius 1 is 1.03 bits per heavy atom. The van der Waals surface area contributed by atoms with Gasteiger partial charge in [0.05, 0.1) is 43.4 Å². The van der Waals surface area contributed by atoms with E-state index in [2.05, 4.69) is 24.3 Å². The molecule has 1 aliphatic heterocycles. The van der Waals surface area contributed by atoms with Crippen LogP contribution in [0.1, 0.15) is 17.5 Å². The average molecular weight is 414 g/mol. The van der Waals surface area contributed by atoms with Gasteiger partial charge in [-0.15, -0.1) is 0 Å². The Hall–Kier alpha value is -2.44. The second kappa shape index (κ2) is 9.85. The van der Waals surface area contributed by atoms with Crippen molar-refractivity contribution in [2.24, 2.45) is 0 Å². The molecule has 3 rings (SSSR count). The maximum Gasteiger partial charge on any atom is 0.224 e. The molecule has 0 saturated carbocycles. The van der Waals surface area contributed by atoms with E-state index in [9.17, 15) is 13.2 Å². The van der Waals surface area contributed by atoms with E-state index in [0.29, 0.717) is 13.1 Å². The molecular weight excluding hydrogens is 384 g/mol. The first-order chi connectivity index (χ1) is 13.9. The van der Waals surface area contributed by atoms with E-state index in [1.165, 1.54) is 10.5 Å². The molecule has 2 aromatic rings. The number of hydrogen-bond donors (Lipinski definition) is 1. The average Bonchev–Trinajstić information content (AvgIpc) is 2.74. The molecular formula is C23H29N2O3S+. The Bertz CT molecular complexity index is 930. The van der Waals surface area contributed by atoms with Crippen molar-refractivity contribution in [2.75, 3.05) is 38.5 Å². The fourth-order valence-corrected chi connectivity index (χ4v) is 4.68. The Balaban J connectivity index is 1.43. The number of hydrogen-bond acceptors (Lipinski definition) is 3. The van der Waals surface area contributed by atoms with Crippen LogP contribution < -0.4 is 4.90 Å². The van der Waals surface area contributed by atoms with Crippen LogP contribution in [0.25, 0.3) is 6.08 Å². The third-order valence-electron chi connectivity index (χ3n) is 5.30. The van der Waals surface area contributed by atoms with Crippen molar-refractivity contribution in [1.29, 1.82) is 0 Å². The molecule has 0 atom stereocenters. The van der Waals surface area contributed by atoms with Crippen molar-refractivity contribution in [3.8, 4) is 0 Å². The van der Waals surface area contributed by atoms with Gasteiger partial charge in [0.15, 0.2) is 9.84 Å². The molecule has 154 valence electrons. The van der Waals surface area contributed by atoms with E-state index in [1.807, 2.05) is 25.1 Å². The van der Waals surface area contributed by atoms with Crippen LogP contribution in [0.15, 0.2) is 65.6 Å². The van der Waals surface area contributed by atoms with Gasteiger partial charge in [-0.05, 0) is 30.7 Å². The van der Waals surface area contributed by atoms with Crippen LogP contribution >= 0.6 is 0 Å². The fraction of sp³-hybridized carbons (Fsp3) is 0.348. The highest BCUT2D eigenvalue weighted by molar-refractivity contribution is 7.91. The highest BCUT2D eigenvalue weighted by Gasteiger charge is 2.24. The number of nitrogens with zero attached hydrogens (tertiary/aromatic N) is 1. The minimum atomic E-state index is -3.42. The van der Waals surface area contributed by atoms with Crippen molar-refractivity contribution >= 4 is 21.8 Å². The number of piperazine rings is 1. The van der Waals surface area contributed by atoms with E-state index in [0.717, 1.165) is 25.2 Å². The summed E-state index contributed by atoms with van der Waals surface area (Å²) in [5.41, 5.74) is 2.20. The van der Waals surface area contributed by atoms with Gasteiger partial charge in [-0.1, -0.05) is 54.1 Å². The number of carbonyl (C=O) groups excluding carboxylic acids is 1. The number of rotatable bonds is 7.